The average molecular weight is 364 g/mol. The Bertz CT molecular complexity index is 427. The molecule has 0 aromatic rings. The topological polar surface area (TPSA) is 26.8 Å². The lowest BCUT2D eigenvalue weighted by atomic mass is 9.87. The summed E-state index contributed by atoms with van der Waals surface area (Å²) >= 11 is 0. The first kappa shape index (κ1) is 20.1. The first-order valence-corrected chi connectivity index (χ1v) is 11.3. The third-order valence-electron chi connectivity index (χ3n) is 7.24. The van der Waals surface area contributed by atoms with E-state index >= 15 is 0 Å². The van der Waals surface area contributed by atoms with Crippen molar-refractivity contribution in [2.45, 2.75) is 76.7 Å². The molecule has 1 amide bonds. The average Bonchev–Trinajstić information content (AvgIpc) is 2.67. The summed E-state index contributed by atoms with van der Waals surface area (Å²) in [6.45, 7) is 6.10. The molecule has 4 heteroatoms. The van der Waals surface area contributed by atoms with Gasteiger partial charge in [0.15, 0.2) is 0 Å². The second kappa shape index (κ2) is 10.1. The van der Waals surface area contributed by atoms with E-state index in [2.05, 4.69) is 21.7 Å². The molecule has 3 aliphatic rings. The maximum atomic E-state index is 12.7. The van der Waals surface area contributed by atoms with Crippen LogP contribution in [-0.2, 0) is 4.79 Å². The van der Waals surface area contributed by atoms with E-state index < -0.39 is 0 Å². The Hall–Kier alpha value is -0.610. The van der Waals surface area contributed by atoms with Gasteiger partial charge in [0.05, 0.1) is 0 Å². The van der Waals surface area contributed by atoms with E-state index in [1.165, 1.54) is 64.6 Å². The maximum Gasteiger partial charge on any atom is 0.222 e. The Morgan fingerprint density at radius 1 is 0.923 bits per heavy atom. The summed E-state index contributed by atoms with van der Waals surface area (Å²) in [5, 5.41) is 0. The SMILES string of the molecule is CN1CCC(N(C)C(=O)CC[C@@H]2CCCN(CC3CCCCC3)C2)CC1. The molecule has 4 nitrogen and oxygen atoms in total. The van der Waals surface area contributed by atoms with Crippen molar-refractivity contribution in [2.24, 2.45) is 11.8 Å². The highest BCUT2D eigenvalue weighted by Gasteiger charge is 2.26. The number of rotatable bonds is 6. The van der Waals surface area contributed by atoms with Gasteiger partial charge >= 0.3 is 0 Å². The molecule has 0 radical (unpaired) electrons. The number of hydrogen-bond donors (Lipinski definition) is 0. The van der Waals surface area contributed by atoms with E-state index in [-0.39, 0.29) is 0 Å². The molecule has 3 rings (SSSR count). The zero-order valence-electron chi connectivity index (χ0n) is 17.3. The zero-order valence-corrected chi connectivity index (χ0v) is 17.3. The normalized spacial score (nSPS) is 27.5. The Balaban J connectivity index is 1.37. The molecular weight excluding hydrogens is 322 g/mol. The molecule has 2 saturated heterocycles. The van der Waals surface area contributed by atoms with Crippen LogP contribution in [0.2, 0.25) is 0 Å². The van der Waals surface area contributed by atoms with Crippen LogP contribution in [0.3, 0.4) is 0 Å². The molecule has 0 unspecified atom stereocenters. The van der Waals surface area contributed by atoms with Crippen molar-refractivity contribution in [1.82, 2.24) is 14.7 Å². The van der Waals surface area contributed by atoms with Crippen molar-refractivity contribution < 1.29 is 4.79 Å². The summed E-state index contributed by atoms with van der Waals surface area (Å²) in [4.78, 5) is 19.8. The fraction of sp³-hybridized carbons (Fsp3) is 0.955. The highest BCUT2D eigenvalue weighted by atomic mass is 16.2. The zero-order chi connectivity index (χ0) is 18.4. The minimum atomic E-state index is 0.379. The molecule has 0 aromatic carbocycles. The van der Waals surface area contributed by atoms with Gasteiger partial charge in [-0.15, -0.1) is 0 Å². The summed E-state index contributed by atoms with van der Waals surface area (Å²) in [5.74, 6) is 2.06. The van der Waals surface area contributed by atoms with Crippen LogP contribution in [0.1, 0.15) is 70.6 Å². The van der Waals surface area contributed by atoms with E-state index in [0.717, 1.165) is 50.6 Å². The third kappa shape index (κ3) is 5.95. The third-order valence-corrected chi connectivity index (χ3v) is 7.24. The summed E-state index contributed by atoms with van der Waals surface area (Å²) in [6.07, 6.45) is 14.0. The van der Waals surface area contributed by atoms with Crippen molar-refractivity contribution in [1.29, 1.82) is 0 Å². The highest BCUT2D eigenvalue weighted by molar-refractivity contribution is 5.76. The minimum Gasteiger partial charge on any atom is -0.343 e. The summed E-state index contributed by atoms with van der Waals surface area (Å²) in [6, 6.07) is 0.466. The van der Waals surface area contributed by atoms with Crippen LogP contribution in [0.5, 0.6) is 0 Å². The molecule has 0 N–H and O–H groups in total. The van der Waals surface area contributed by atoms with E-state index in [1.54, 1.807) is 0 Å². The molecule has 26 heavy (non-hydrogen) atoms. The molecular formula is C22H41N3O. The van der Waals surface area contributed by atoms with Crippen LogP contribution >= 0.6 is 0 Å². The first-order valence-electron chi connectivity index (χ1n) is 11.3. The Morgan fingerprint density at radius 3 is 2.35 bits per heavy atom. The Labute approximate surface area is 161 Å². The number of nitrogens with zero attached hydrogens (tertiary/aromatic N) is 3. The lowest BCUT2D eigenvalue weighted by Crippen LogP contribution is -2.44. The van der Waals surface area contributed by atoms with Crippen LogP contribution in [0, 0.1) is 11.8 Å². The number of hydrogen-bond acceptors (Lipinski definition) is 3. The standard InChI is InChI=1S/C22H41N3O/c1-23-15-12-21(13-16-23)24(2)22(26)11-10-20-9-6-14-25(18-20)17-19-7-4-3-5-8-19/h19-21H,3-18H2,1-2H3/t20-/m0/s1. The predicted molar refractivity (Wildman–Crippen MR) is 108 cm³/mol. The highest BCUT2D eigenvalue weighted by Crippen LogP contribution is 2.28. The molecule has 1 aliphatic carbocycles. The molecule has 0 aromatic heterocycles. The van der Waals surface area contributed by atoms with E-state index in [0.29, 0.717) is 11.9 Å². The van der Waals surface area contributed by atoms with Crippen LogP contribution in [0.4, 0.5) is 0 Å². The van der Waals surface area contributed by atoms with Crippen LogP contribution in [-0.4, -0.2) is 73.5 Å². The first-order chi connectivity index (χ1) is 12.6. The molecule has 0 bridgehead atoms. The minimum absolute atomic E-state index is 0.379. The fourth-order valence-electron chi connectivity index (χ4n) is 5.38. The summed E-state index contributed by atoms with van der Waals surface area (Å²) < 4.78 is 0. The molecule has 1 atom stereocenters. The monoisotopic (exact) mass is 363 g/mol. The van der Waals surface area contributed by atoms with Crippen molar-refractivity contribution in [3.8, 4) is 0 Å². The number of carbonyl (C=O) groups is 1. The maximum absolute atomic E-state index is 12.7. The van der Waals surface area contributed by atoms with Crippen LogP contribution in [0.15, 0.2) is 0 Å². The molecule has 3 fully saturated rings. The lowest BCUT2D eigenvalue weighted by Gasteiger charge is -2.37. The number of amides is 1. The van der Waals surface area contributed by atoms with Crippen molar-refractivity contribution >= 4 is 5.91 Å². The van der Waals surface area contributed by atoms with E-state index in [9.17, 15) is 4.79 Å². The Kier molecular flexibility index (Phi) is 7.80. The van der Waals surface area contributed by atoms with Crippen molar-refractivity contribution in [2.75, 3.05) is 46.8 Å². The largest absolute Gasteiger partial charge is 0.343 e. The summed E-state index contributed by atoms with van der Waals surface area (Å²) in [7, 11) is 4.22. The van der Waals surface area contributed by atoms with Gasteiger partial charge in [0, 0.05) is 32.6 Å². The quantitative estimate of drug-likeness (QED) is 0.721. The molecule has 2 aliphatic heterocycles. The van der Waals surface area contributed by atoms with Crippen LogP contribution in [0.25, 0.3) is 0 Å². The second-order valence-electron chi connectivity index (χ2n) is 9.35. The lowest BCUT2D eigenvalue weighted by molar-refractivity contribution is -0.133. The molecule has 0 spiro atoms. The predicted octanol–water partition coefficient (Wildman–Crippen LogP) is 3.61. The number of likely N-dealkylation sites (tertiary alicyclic amines) is 2. The van der Waals surface area contributed by atoms with E-state index in [4.69, 9.17) is 0 Å². The van der Waals surface area contributed by atoms with Crippen molar-refractivity contribution in [3.05, 3.63) is 0 Å². The van der Waals surface area contributed by atoms with Gasteiger partial charge in [-0.1, -0.05) is 19.3 Å². The van der Waals surface area contributed by atoms with Crippen molar-refractivity contribution in [3.63, 3.8) is 0 Å². The van der Waals surface area contributed by atoms with Gasteiger partial charge < -0.3 is 14.7 Å². The fourth-order valence-corrected chi connectivity index (χ4v) is 5.38. The Morgan fingerprint density at radius 2 is 1.62 bits per heavy atom. The van der Waals surface area contributed by atoms with E-state index in [1.807, 2.05) is 7.05 Å². The summed E-state index contributed by atoms with van der Waals surface area (Å²) in [5.41, 5.74) is 0. The van der Waals surface area contributed by atoms with Gasteiger partial charge in [-0.05, 0) is 83.5 Å². The van der Waals surface area contributed by atoms with Gasteiger partial charge in [0.25, 0.3) is 0 Å². The number of carbonyl (C=O) groups excluding carboxylic acids is 1. The number of piperidine rings is 2. The van der Waals surface area contributed by atoms with Gasteiger partial charge in [-0.25, -0.2) is 0 Å². The van der Waals surface area contributed by atoms with Gasteiger partial charge in [0.1, 0.15) is 0 Å². The van der Waals surface area contributed by atoms with Gasteiger partial charge in [0.2, 0.25) is 5.91 Å². The van der Waals surface area contributed by atoms with Crippen LogP contribution < -0.4 is 0 Å². The second-order valence-corrected chi connectivity index (χ2v) is 9.35. The molecule has 150 valence electrons. The molecule has 1 saturated carbocycles. The molecule has 2 heterocycles. The van der Waals surface area contributed by atoms with Gasteiger partial charge in [-0.2, -0.15) is 0 Å². The van der Waals surface area contributed by atoms with Gasteiger partial charge in [-0.3, -0.25) is 4.79 Å². The smallest absolute Gasteiger partial charge is 0.222 e.